The topological polar surface area (TPSA) is 69.6 Å². The third-order valence-electron chi connectivity index (χ3n) is 3.69. The summed E-state index contributed by atoms with van der Waals surface area (Å²) in [4.78, 5) is 13.5. The number of hydrogen-bond acceptors (Lipinski definition) is 5. The molecule has 0 amide bonds. The van der Waals surface area contributed by atoms with Crippen LogP contribution < -0.4 is 5.73 Å². The number of aryl methyl sites for hydroxylation is 2. The van der Waals surface area contributed by atoms with E-state index in [1.165, 1.54) is 5.56 Å². The number of halogens is 1. The standard InChI is InChI=1S/C17H20BrN5S/c1-2-10-23-15-13(20-16(23)18)14(19)21-17(22-15)24-11-6-9-12-7-4-3-5-8-12/h3-5,7-8H,2,6,9-11H2,1H3,(H2,19,21,22). The SMILES string of the molecule is CCCn1c(Br)nc2c(N)nc(SCCCc3ccccc3)nc21. The van der Waals surface area contributed by atoms with Crippen LogP contribution in [-0.2, 0) is 13.0 Å². The molecule has 3 aromatic rings. The monoisotopic (exact) mass is 405 g/mol. The number of fused-ring (bicyclic) bond motifs is 1. The molecule has 2 N–H and O–H groups in total. The summed E-state index contributed by atoms with van der Waals surface area (Å²) in [6.45, 7) is 2.98. The number of hydrogen-bond donors (Lipinski definition) is 1. The van der Waals surface area contributed by atoms with Gasteiger partial charge >= 0.3 is 0 Å². The van der Waals surface area contributed by atoms with Gasteiger partial charge in [0.1, 0.15) is 0 Å². The first-order valence-corrected chi connectivity index (χ1v) is 9.83. The maximum Gasteiger partial charge on any atom is 0.191 e. The number of anilines is 1. The van der Waals surface area contributed by atoms with Crippen LogP contribution in [0.1, 0.15) is 25.3 Å². The van der Waals surface area contributed by atoms with E-state index in [0.29, 0.717) is 11.3 Å². The van der Waals surface area contributed by atoms with Gasteiger partial charge in [-0.1, -0.05) is 49.0 Å². The molecule has 2 aromatic heterocycles. The normalized spacial score (nSPS) is 11.2. The fraction of sp³-hybridized carbons (Fsp3) is 0.353. The van der Waals surface area contributed by atoms with E-state index in [0.717, 1.165) is 47.1 Å². The Bertz CT molecular complexity index is 819. The van der Waals surface area contributed by atoms with E-state index in [4.69, 9.17) is 5.73 Å². The minimum Gasteiger partial charge on any atom is -0.382 e. The van der Waals surface area contributed by atoms with Crippen molar-refractivity contribution in [1.29, 1.82) is 0 Å². The minimum absolute atomic E-state index is 0.445. The first-order valence-electron chi connectivity index (χ1n) is 8.05. The van der Waals surface area contributed by atoms with Gasteiger partial charge < -0.3 is 10.3 Å². The molecule has 0 atom stereocenters. The van der Waals surface area contributed by atoms with Crippen molar-refractivity contribution < 1.29 is 0 Å². The lowest BCUT2D eigenvalue weighted by Gasteiger charge is -2.05. The Kier molecular flexibility index (Phi) is 5.73. The summed E-state index contributed by atoms with van der Waals surface area (Å²) in [7, 11) is 0. The molecule has 24 heavy (non-hydrogen) atoms. The highest BCUT2D eigenvalue weighted by atomic mass is 79.9. The van der Waals surface area contributed by atoms with Gasteiger partial charge in [-0.15, -0.1) is 0 Å². The molecule has 0 saturated heterocycles. The quantitative estimate of drug-likeness (QED) is 0.274. The van der Waals surface area contributed by atoms with Crippen molar-refractivity contribution >= 4 is 44.7 Å². The summed E-state index contributed by atoms with van der Waals surface area (Å²) in [5.41, 5.74) is 8.91. The number of imidazole rings is 1. The predicted octanol–water partition coefficient (Wildman–Crippen LogP) is 4.31. The molecule has 0 unspecified atom stereocenters. The van der Waals surface area contributed by atoms with Gasteiger partial charge in [-0.05, 0) is 40.8 Å². The van der Waals surface area contributed by atoms with E-state index in [9.17, 15) is 0 Å². The summed E-state index contributed by atoms with van der Waals surface area (Å²) in [6.07, 6.45) is 3.15. The molecule has 0 aliphatic carbocycles. The van der Waals surface area contributed by atoms with Crippen molar-refractivity contribution in [1.82, 2.24) is 19.5 Å². The molecule has 7 heteroatoms. The van der Waals surface area contributed by atoms with Crippen LogP contribution in [0.4, 0.5) is 5.82 Å². The Labute approximate surface area is 154 Å². The molecule has 0 fully saturated rings. The molecule has 0 spiro atoms. The van der Waals surface area contributed by atoms with E-state index >= 15 is 0 Å². The zero-order valence-electron chi connectivity index (χ0n) is 13.6. The van der Waals surface area contributed by atoms with Crippen LogP contribution in [0.2, 0.25) is 0 Å². The van der Waals surface area contributed by atoms with E-state index in [-0.39, 0.29) is 0 Å². The number of nitrogen functional groups attached to an aromatic ring is 1. The molecule has 1 aromatic carbocycles. The Hall–Kier alpha value is -1.60. The molecule has 0 saturated carbocycles. The number of aromatic nitrogens is 4. The zero-order chi connectivity index (χ0) is 16.9. The summed E-state index contributed by atoms with van der Waals surface area (Å²) in [5, 5.41) is 0.720. The number of rotatable bonds is 7. The lowest BCUT2D eigenvalue weighted by atomic mass is 10.1. The van der Waals surface area contributed by atoms with Crippen molar-refractivity contribution in [2.45, 2.75) is 37.9 Å². The lowest BCUT2D eigenvalue weighted by Crippen LogP contribution is -2.02. The van der Waals surface area contributed by atoms with Gasteiger partial charge in [-0.3, -0.25) is 0 Å². The Morgan fingerprint density at radius 3 is 2.71 bits per heavy atom. The second-order valence-corrected chi connectivity index (χ2v) is 7.31. The minimum atomic E-state index is 0.445. The molecule has 2 heterocycles. The maximum atomic E-state index is 6.07. The molecule has 0 bridgehead atoms. The predicted molar refractivity (Wildman–Crippen MR) is 103 cm³/mol. The number of nitrogens with two attached hydrogens (primary N) is 1. The van der Waals surface area contributed by atoms with Gasteiger partial charge in [0.2, 0.25) is 0 Å². The summed E-state index contributed by atoms with van der Waals surface area (Å²) >= 11 is 5.13. The van der Waals surface area contributed by atoms with Gasteiger partial charge in [0, 0.05) is 12.3 Å². The largest absolute Gasteiger partial charge is 0.382 e. The van der Waals surface area contributed by atoms with Crippen LogP contribution >= 0.6 is 27.7 Å². The van der Waals surface area contributed by atoms with Crippen LogP contribution in [0.15, 0.2) is 40.2 Å². The first-order chi connectivity index (χ1) is 11.7. The number of benzene rings is 1. The molecule has 0 radical (unpaired) electrons. The van der Waals surface area contributed by atoms with Crippen LogP contribution in [0.25, 0.3) is 11.2 Å². The molecule has 5 nitrogen and oxygen atoms in total. The Morgan fingerprint density at radius 1 is 1.17 bits per heavy atom. The van der Waals surface area contributed by atoms with Crippen molar-refractivity contribution in [3.05, 3.63) is 40.6 Å². The highest BCUT2D eigenvalue weighted by Crippen LogP contribution is 2.26. The van der Waals surface area contributed by atoms with Crippen molar-refractivity contribution in [2.24, 2.45) is 0 Å². The van der Waals surface area contributed by atoms with Gasteiger partial charge in [-0.25, -0.2) is 15.0 Å². The summed E-state index contributed by atoms with van der Waals surface area (Å²) in [6, 6.07) is 10.5. The van der Waals surface area contributed by atoms with Crippen LogP contribution in [0.3, 0.4) is 0 Å². The van der Waals surface area contributed by atoms with Crippen molar-refractivity contribution in [3.8, 4) is 0 Å². The smallest absolute Gasteiger partial charge is 0.191 e. The average Bonchev–Trinajstić information content (AvgIpc) is 2.90. The fourth-order valence-corrected chi connectivity index (χ4v) is 3.85. The van der Waals surface area contributed by atoms with Crippen LogP contribution in [-0.4, -0.2) is 25.3 Å². The fourth-order valence-electron chi connectivity index (χ4n) is 2.55. The second kappa shape index (κ2) is 7.98. The number of nitrogens with zero attached hydrogens (tertiary/aromatic N) is 4. The van der Waals surface area contributed by atoms with Gasteiger partial charge in [0.05, 0.1) is 0 Å². The summed E-state index contributed by atoms with van der Waals surface area (Å²) < 4.78 is 2.80. The Morgan fingerprint density at radius 2 is 1.96 bits per heavy atom. The van der Waals surface area contributed by atoms with Gasteiger partial charge in [0.25, 0.3) is 0 Å². The highest BCUT2D eigenvalue weighted by molar-refractivity contribution is 9.10. The first kappa shape index (κ1) is 17.2. The van der Waals surface area contributed by atoms with Gasteiger partial charge in [-0.2, -0.15) is 0 Å². The van der Waals surface area contributed by atoms with Crippen LogP contribution in [0, 0.1) is 0 Å². The molecule has 0 aliphatic heterocycles. The van der Waals surface area contributed by atoms with E-state index < -0.39 is 0 Å². The third-order valence-corrected chi connectivity index (χ3v) is 5.22. The molecular weight excluding hydrogens is 386 g/mol. The highest BCUT2D eigenvalue weighted by Gasteiger charge is 2.14. The maximum absolute atomic E-state index is 6.07. The molecule has 126 valence electrons. The van der Waals surface area contributed by atoms with Crippen LogP contribution in [0.5, 0.6) is 0 Å². The van der Waals surface area contributed by atoms with Crippen molar-refractivity contribution in [2.75, 3.05) is 11.5 Å². The van der Waals surface area contributed by atoms with E-state index in [1.807, 2.05) is 10.6 Å². The molecule has 3 rings (SSSR count). The number of thioether (sulfide) groups is 1. The lowest BCUT2D eigenvalue weighted by molar-refractivity contribution is 0.674. The molecular formula is C17H20BrN5S. The zero-order valence-corrected chi connectivity index (χ0v) is 16.0. The van der Waals surface area contributed by atoms with E-state index in [1.54, 1.807) is 11.8 Å². The Balaban J connectivity index is 1.69. The van der Waals surface area contributed by atoms with Crippen molar-refractivity contribution in [3.63, 3.8) is 0 Å². The average molecular weight is 406 g/mol. The third kappa shape index (κ3) is 3.89. The van der Waals surface area contributed by atoms with Gasteiger partial charge in [0.15, 0.2) is 26.9 Å². The molecule has 0 aliphatic rings. The second-order valence-electron chi connectivity index (χ2n) is 5.53. The summed E-state index contributed by atoms with van der Waals surface area (Å²) in [5.74, 6) is 1.41. The van der Waals surface area contributed by atoms with E-state index in [2.05, 4.69) is 62.1 Å².